The molecule has 6 unspecified atom stereocenters. The molecule has 9 rings (SSSR count). The second kappa shape index (κ2) is 13.6. The Balaban J connectivity index is 1.15. The molecule has 2 saturated heterocycles. The number of rotatable bonds is 8. The molecule has 3 N–H and O–H groups in total. The van der Waals surface area contributed by atoms with Gasteiger partial charge in [0.15, 0.2) is 0 Å². The minimum absolute atomic E-state index is 0.0212. The number of aromatic carboxylic acids is 1. The number of ether oxygens (including phenoxy) is 1. The first-order valence-electron chi connectivity index (χ1n) is 18.8. The molecule has 5 aromatic rings. The van der Waals surface area contributed by atoms with E-state index in [9.17, 15) is 34.5 Å². The number of aryl methyl sites for hydroxylation is 2. The van der Waals surface area contributed by atoms with E-state index in [2.05, 4.69) is 0 Å². The van der Waals surface area contributed by atoms with Crippen LogP contribution >= 0.6 is 22.9 Å². The first kappa shape index (κ1) is 37.7. The number of hydrogen-bond donors (Lipinski definition) is 3. The lowest BCUT2D eigenvalue weighted by atomic mass is 9.51. The lowest BCUT2D eigenvalue weighted by molar-refractivity contribution is -0.131. The molecule has 0 bridgehead atoms. The maximum absolute atomic E-state index is 15.2. The average molecular weight is 821 g/mol. The SMILES string of the molecule is Cc1c(-c2cc(N3C(=O)C4CC5C(=CCC6C(=O)N(c7ccc(C(=O)O)c(O)c7)C(=O)C65)C(c5ccccc5OCCO)C4(C)C3=O)n(C)n2)sc2ccc(Cl)cc12. The first-order valence-corrected chi connectivity index (χ1v) is 20.0. The van der Waals surface area contributed by atoms with Crippen molar-refractivity contribution in [3.8, 4) is 22.1 Å². The normalized spacial score (nSPS) is 25.3. The Bertz CT molecular complexity index is 2670. The van der Waals surface area contributed by atoms with E-state index in [0.29, 0.717) is 22.0 Å². The van der Waals surface area contributed by atoms with Crippen molar-refractivity contribution >= 4 is 74.1 Å². The zero-order valence-electron chi connectivity index (χ0n) is 31.5. The number of fused-ring (bicyclic) bond motifs is 5. The molecule has 4 amide bonds. The molecule has 3 aromatic carbocycles. The van der Waals surface area contributed by atoms with E-state index in [-0.39, 0.29) is 43.1 Å². The average Bonchev–Trinajstić information content (AvgIpc) is 3.87. The van der Waals surface area contributed by atoms with Gasteiger partial charge in [-0.2, -0.15) is 5.10 Å². The summed E-state index contributed by atoms with van der Waals surface area (Å²) in [5.41, 5.74) is 1.19. The zero-order valence-corrected chi connectivity index (χ0v) is 33.1. The van der Waals surface area contributed by atoms with Crippen molar-refractivity contribution in [3.63, 3.8) is 0 Å². The number of amides is 4. The fraction of sp³-hybridized carbons (Fsp3) is 0.302. The van der Waals surface area contributed by atoms with Crippen molar-refractivity contribution < 1.29 is 44.0 Å². The van der Waals surface area contributed by atoms with E-state index in [1.807, 2.05) is 43.3 Å². The number of aromatic hydroxyl groups is 1. The summed E-state index contributed by atoms with van der Waals surface area (Å²) in [5, 5.41) is 36.0. The molecule has 1 saturated carbocycles. The van der Waals surface area contributed by atoms with Crippen molar-refractivity contribution in [2.75, 3.05) is 23.0 Å². The fourth-order valence-electron chi connectivity index (χ4n) is 9.89. The number of para-hydroxylation sites is 1. The van der Waals surface area contributed by atoms with Gasteiger partial charge < -0.3 is 20.1 Å². The summed E-state index contributed by atoms with van der Waals surface area (Å²) in [6.07, 6.45) is 2.18. The number of carbonyl (C=O) groups is 5. The van der Waals surface area contributed by atoms with Crippen LogP contribution in [0.15, 0.2) is 78.4 Å². The number of aliphatic hydroxyl groups is 1. The second-order valence-electron chi connectivity index (χ2n) is 15.5. The van der Waals surface area contributed by atoms with Gasteiger partial charge in [0, 0.05) is 40.4 Å². The fourth-order valence-corrected chi connectivity index (χ4v) is 11.2. The standard InChI is InChI=1S/C43H37ClN4O9S/c1-20-27-16-21(44)8-13-33(27)58-37(20)30-19-34(46(3)45-30)48-39(52)29-18-28-23(36(43(29,2)42(48)56)25-6-4-5-7-32(25)57-15-14-49)11-12-26-35(28)40(53)47(38(26)51)22-9-10-24(41(54)55)31(50)17-22/h4-11,13,16-17,19,26,28-29,35-36,49-50H,12,14-15,18H2,1-3H3,(H,54,55). The number of hydrogen-bond acceptors (Lipinski definition) is 10. The van der Waals surface area contributed by atoms with Crippen molar-refractivity contribution in [1.82, 2.24) is 9.78 Å². The molecule has 13 nitrogen and oxygen atoms in total. The zero-order chi connectivity index (χ0) is 40.9. The smallest absolute Gasteiger partial charge is 0.339 e. The van der Waals surface area contributed by atoms with Crippen LogP contribution in [0.3, 0.4) is 0 Å². The highest BCUT2D eigenvalue weighted by Crippen LogP contribution is 2.64. The van der Waals surface area contributed by atoms with E-state index in [1.54, 1.807) is 32.2 Å². The molecular weight excluding hydrogens is 784 g/mol. The number of imide groups is 2. The Morgan fingerprint density at radius 3 is 2.52 bits per heavy atom. The molecule has 4 aliphatic rings. The highest BCUT2D eigenvalue weighted by Gasteiger charge is 2.68. The van der Waals surface area contributed by atoms with Crippen LogP contribution in [0.5, 0.6) is 11.5 Å². The van der Waals surface area contributed by atoms with Gasteiger partial charge >= 0.3 is 5.97 Å². The van der Waals surface area contributed by atoms with E-state index in [1.165, 1.54) is 27.0 Å². The van der Waals surface area contributed by atoms with Gasteiger partial charge in [-0.05, 0) is 80.0 Å². The van der Waals surface area contributed by atoms with Gasteiger partial charge in [-0.15, -0.1) is 11.3 Å². The number of anilines is 2. The Morgan fingerprint density at radius 1 is 1.00 bits per heavy atom. The van der Waals surface area contributed by atoms with E-state index < -0.39 is 70.4 Å². The van der Waals surface area contributed by atoms with Crippen LogP contribution in [-0.2, 0) is 26.2 Å². The van der Waals surface area contributed by atoms with Crippen LogP contribution in [-0.4, -0.2) is 67.9 Å². The number of benzene rings is 3. The summed E-state index contributed by atoms with van der Waals surface area (Å²) >= 11 is 7.85. The largest absolute Gasteiger partial charge is 0.507 e. The second-order valence-corrected chi connectivity index (χ2v) is 17.0. The number of phenols is 1. The number of allylic oxidation sites excluding steroid dienone is 2. The van der Waals surface area contributed by atoms with Crippen LogP contribution in [0.2, 0.25) is 5.02 Å². The molecular formula is C43H37ClN4O9S. The molecule has 3 fully saturated rings. The van der Waals surface area contributed by atoms with Gasteiger partial charge in [0.1, 0.15) is 35.2 Å². The van der Waals surface area contributed by atoms with Gasteiger partial charge in [-0.25, -0.2) is 14.6 Å². The van der Waals surface area contributed by atoms with E-state index >= 15 is 4.79 Å². The Labute approximate surface area is 340 Å². The molecule has 4 heterocycles. The lowest BCUT2D eigenvalue weighted by Gasteiger charge is -2.49. The Kier molecular flexibility index (Phi) is 8.87. The highest BCUT2D eigenvalue weighted by atomic mass is 35.5. The third kappa shape index (κ3) is 5.38. The number of carboxylic acids is 1. The Hall–Kier alpha value is -5.83. The van der Waals surface area contributed by atoms with Crippen LogP contribution in [0, 0.1) is 36.0 Å². The number of aromatic nitrogens is 2. The summed E-state index contributed by atoms with van der Waals surface area (Å²) in [7, 11) is 1.68. The number of halogens is 1. The van der Waals surface area contributed by atoms with Gasteiger partial charge in [-0.3, -0.25) is 23.9 Å². The monoisotopic (exact) mass is 820 g/mol. The van der Waals surface area contributed by atoms with Gasteiger partial charge in [0.25, 0.3) is 0 Å². The summed E-state index contributed by atoms with van der Waals surface area (Å²) in [6.45, 7) is 3.48. The maximum atomic E-state index is 15.2. The van der Waals surface area contributed by atoms with Crippen LogP contribution in [0.4, 0.5) is 11.5 Å². The van der Waals surface area contributed by atoms with Crippen LogP contribution < -0.4 is 14.5 Å². The van der Waals surface area contributed by atoms with Crippen LogP contribution in [0.1, 0.15) is 47.2 Å². The minimum Gasteiger partial charge on any atom is -0.507 e. The van der Waals surface area contributed by atoms with Crippen molar-refractivity contribution in [1.29, 1.82) is 0 Å². The van der Waals surface area contributed by atoms with Crippen molar-refractivity contribution in [2.45, 2.75) is 32.6 Å². The summed E-state index contributed by atoms with van der Waals surface area (Å²) in [5.74, 6) is -7.23. The predicted octanol–water partition coefficient (Wildman–Crippen LogP) is 6.47. The minimum atomic E-state index is -1.37. The number of carboxylic acid groups (broad SMARTS) is 1. The predicted molar refractivity (Wildman–Crippen MR) is 215 cm³/mol. The number of thiophene rings is 1. The summed E-state index contributed by atoms with van der Waals surface area (Å²) in [6, 6.07) is 18.1. The molecule has 2 aliphatic carbocycles. The highest BCUT2D eigenvalue weighted by molar-refractivity contribution is 7.22. The number of aliphatic hydroxyl groups excluding tert-OH is 1. The van der Waals surface area contributed by atoms with Crippen molar-refractivity contribution in [3.05, 3.63) is 100 Å². The molecule has 6 atom stereocenters. The summed E-state index contributed by atoms with van der Waals surface area (Å²) < 4.78 is 8.58. The Morgan fingerprint density at radius 2 is 1.78 bits per heavy atom. The van der Waals surface area contributed by atoms with Crippen LogP contribution in [0.25, 0.3) is 20.7 Å². The third-order valence-electron chi connectivity index (χ3n) is 12.5. The quantitative estimate of drug-likeness (QED) is 0.116. The van der Waals surface area contributed by atoms with E-state index in [0.717, 1.165) is 43.1 Å². The molecule has 0 radical (unpaired) electrons. The van der Waals surface area contributed by atoms with Gasteiger partial charge in [0.05, 0.1) is 40.3 Å². The molecule has 0 spiro atoms. The molecule has 15 heteroatoms. The molecule has 296 valence electrons. The number of carbonyl (C=O) groups excluding carboxylic acids is 4. The maximum Gasteiger partial charge on any atom is 0.339 e. The topological polar surface area (TPSA) is 180 Å². The molecule has 2 aliphatic heterocycles. The van der Waals surface area contributed by atoms with Gasteiger partial charge in [-0.1, -0.05) is 41.4 Å². The van der Waals surface area contributed by atoms with E-state index in [4.69, 9.17) is 21.4 Å². The van der Waals surface area contributed by atoms with Crippen molar-refractivity contribution in [2.24, 2.45) is 36.1 Å². The van der Waals surface area contributed by atoms with Gasteiger partial charge in [0.2, 0.25) is 23.6 Å². The molecule has 58 heavy (non-hydrogen) atoms. The number of nitrogens with zero attached hydrogens (tertiary/aromatic N) is 4. The lowest BCUT2D eigenvalue weighted by Crippen LogP contribution is -2.49. The third-order valence-corrected chi connectivity index (χ3v) is 14.1. The molecule has 2 aromatic heterocycles. The first-order chi connectivity index (χ1) is 27.8. The summed E-state index contributed by atoms with van der Waals surface area (Å²) in [4.78, 5) is 73.5.